The van der Waals surface area contributed by atoms with Crippen molar-refractivity contribution in [3.05, 3.63) is 51.9 Å². The second-order valence-corrected chi connectivity index (χ2v) is 7.06. The Morgan fingerprint density at radius 1 is 1.05 bits per heavy atom. The van der Waals surface area contributed by atoms with Gasteiger partial charge in [-0.2, -0.15) is 0 Å². The molecule has 3 nitrogen and oxygen atoms in total. The largest absolute Gasteiger partial charge is 0.348 e. The number of benzene rings is 1. The lowest BCUT2D eigenvalue weighted by molar-refractivity contribution is 0.542. The van der Waals surface area contributed by atoms with Gasteiger partial charge in [-0.1, -0.05) is 45.0 Å². The van der Waals surface area contributed by atoms with Crippen LogP contribution in [0.15, 0.2) is 34.9 Å². The highest BCUT2D eigenvalue weighted by Crippen LogP contribution is 2.30. The molecule has 2 aromatic rings. The zero-order valence-electron chi connectivity index (χ0n) is 12.0. The summed E-state index contributed by atoms with van der Waals surface area (Å²) < 4.78 is 0.850. The average Bonchev–Trinajstić information content (AvgIpc) is 2.80. The molecule has 0 saturated heterocycles. The summed E-state index contributed by atoms with van der Waals surface area (Å²) >= 11 is 3.51. The van der Waals surface area contributed by atoms with E-state index in [4.69, 9.17) is 4.98 Å². The Hall–Kier alpha value is -1.42. The molecule has 0 bridgehead atoms. The number of hydrogen-bond acceptors (Lipinski definition) is 3. The maximum Gasteiger partial charge on any atom is 0.137 e. The molecule has 1 aliphatic rings. The minimum Gasteiger partial charge on any atom is -0.348 e. The van der Waals surface area contributed by atoms with Crippen molar-refractivity contribution >= 4 is 21.7 Å². The van der Waals surface area contributed by atoms with Crippen LogP contribution in [-0.4, -0.2) is 9.97 Å². The van der Waals surface area contributed by atoms with Gasteiger partial charge in [-0.05, 0) is 27.1 Å². The Labute approximate surface area is 128 Å². The second-order valence-electron chi connectivity index (χ2n) is 6.25. The van der Waals surface area contributed by atoms with E-state index < -0.39 is 0 Å². The fourth-order valence-electron chi connectivity index (χ4n) is 2.40. The molecule has 0 aliphatic carbocycles. The molecule has 0 unspecified atom stereocenters. The molecular weight excluding hydrogens is 314 g/mol. The summed E-state index contributed by atoms with van der Waals surface area (Å²) in [6.07, 6.45) is 0. The van der Waals surface area contributed by atoms with Crippen molar-refractivity contribution in [2.24, 2.45) is 0 Å². The molecule has 3 rings (SSSR count). The Morgan fingerprint density at radius 2 is 1.65 bits per heavy atom. The van der Waals surface area contributed by atoms with Crippen molar-refractivity contribution in [3.63, 3.8) is 0 Å². The predicted molar refractivity (Wildman–Crippen MR) is 84.8 cm³/mol. The zero-order valence-corrected chi connectivity index (χ0v) is 13.6. The van der Waals surface area contributed by atoms with Gasteiger partial charge in [0.15, 0.2) is 0 Å². The number of halogens is 1. The van der Waals surface area contributed by atoms with Crippen LogP contribution >= 0.6 is 15.9 Å². The number of anilines is 1. The first-order chi connectivity index (χ1) is 9.43. The van der Waals surface area contributed by atoms with E-state index in [1.54, 1.807) is 0 Å². The van der Waals surface area contributed by atoms with Gasteiger partial charge >= 0.3 is 0 Å². The van der Waals surface area contributed by atoms with Crippen LogP contribution in [0.3, 0.4) is 0 Å². The van der Waals surface area contributed by atoms with Gasteiger partial charge in [0, 0.05) is 24.6 Å². The van der Waals surface area contributed by atoms with Crippen LogP contribution in [0.4, 0.5) is 5.82 Å². The topological polar surface area (TPSA) is 29.0 Å². The predicted octanol–water partition coefficient (Wildman–Crippen LogP) is 4.06. The van der Waals surface area contributed by atoms with Gasteiger partial charge in [0.05, 0.1) is 0 Å². The molecule has 104 valence electrons. The average molecular weight is 332 g/mol. The third kappa shape index (κ3) is 2.57. The lowest BCUT2D eigenvalue weighted by atomic mass is 9.96. The van der Waals surface area contributed by atoms with Gasteiger partial charge in [0.25, 0.3) is 0 Å². The van der Waals surface area contributed by atoms with Crippen LogP contribution in [0.5, 0.6) is 0 Å². The summed E-state index contributed by atoms with van der Waals surface area (Å²) in [5.41, 5.74) is 2.73. The van der Waals surface area contributed by atoms with E-state index in [2.05, 4.69) is 70.9 Å². The molecule has 4 heteroatoms. The van der Waals surface area contributed by atoms with Crippen LogP contribution in [0, 0.1) is 0 Å². The summed E-state index contributed by atoms with van der Waals surface area (Å²) in [4.78, 5) is 11.6. The number of fused-ring (bicyclic) bond motifs is 1. The summed E-state index contributed by atoms with van der Waals surface area (Å²) in [5.74, 6) is 1.87. The van der Waals surface area contributed by atoms with Crippen LogP contribution < -0.4 is 4.90 Å². The molecule has 0 saturated carbocycles. The van der Waals surface area contributed by atoms with Gasteiger partial charge in [0.2, 0.25) is 0 Å². The Morgan fingerprint density at radius 3 is 2.20 bits per heavy atom. The maximum absolute atomic E-state index is 4.75. The molecule has 0 amide bonds. The highest BCUT2D eigenvalue weighted by molar-refractivity contribution is 9.10. The van der Waals surface area contributed by atoms with Crippen molar-refractivity contribution in [1.29, 1.82) is 0 Å². The van der Waals surface area contributed by atoms with Crippen LogP contribution in [0.1, 0.15) is 37.7 Å². The molecule has 2 heterocycles. The van der Waals surface area contributed by atoms with Gasteiger partial charge < -0.3 is 4.90 Å². The van der Waals surface area contributed by atoms with Crippen molar-refractivity contribution in [3.8, 4) is 0 Å². The molecule has 0 fully saturated rings. The smallest absolute Gasteiger partial charge is 0.137 e. The molecule has 1 aromatic heterocycles. The molecule has 1 aliphatic heterocycles. The molecule has 0 spiro atoms. The second kappa shape index (κ2) is 4.85. The first-order valence-electron chi connectivity index (χ1n) is 6.80. The van der Waals surface area contributed by atoms with E-state index in [9.17, 15) is 0 Å². The SMILES string of the molecule is CC(C)(C)c1nc(Br)cc(N2Cc3ccccc3C2)n1. The van der Waals surface area contributed by atoms with Crippen molar-refractivity contribution < 1.29 is 0 Å². The monoisotopic (exact) mass is 331 g/mol. The first kappa shape index (κ1) is 13.6. The van der Waals surface area contributed by atoms with Gasteiger partial charge in [0.1, 0.15) is 16.2 Å². The normalized spacial score (nSPS) is 14.5. The van der Waals surface area contributed by atoms with E-state index in [0.29, 0.717) is 0 Å². The molecule has 20 heavy (non-hydrogen) atoms. The van der Waals surface area contributed by atoms with Crippen LogP contribution in [0.2, 0.25) is 0 Å². The minimum absolute atomic E-state index is 0.0505. The van der Waals surface area contributed by atoms with E-state index in [1.165, 1.54) is 11.1 Å². The van der Waals surface area contributed by atoms with E-state index >= 15 is 0 Å². The quantitative estimate of drug-likeness (QED) is 0.738. The highest BCUT2D eigenvalue weighted by atomic mass is 79.9. The fraction of sp³-hybridized carbons (Fsp3) is 0.375. The summed E-state index contributed by atoms with van der Waals surface area (Å²) in [6, 6.07) is 10.6. The van der Waals surface area contributed by atoms with E-state index in [-0.39, 0.29) is 5.41 Å². The lowest BCUT2D eigenvalue weighted by Crippen LogP contribution is -2.21. The van der Waals surface area contributed by atoms with Gasteiger partial charge in [-0.3, -0.25) is 0 Å². The van der Waals surface area contributed by atoms with Gasteiger partial charge in [-0.15, -0.1) is 0 Å². The van der Waals surface area contributed by atoms with Crippen molar-refractivity contribution in [2.45, 2.75) is 39.3 Å². The fourth-order valence-corrected chi connectivity index (χ4v) is 2.77. The molecule has 0 atom stereocenters. The first-order valence-corrected chi connectivity index (χ1v) is 7.59. The van der Waals surface area contributed by atoms with Gasteiger partial charge in [-0.25, -0.2) is 9.97 Å². The Kier molecular flexibility index (Phi) is 3.28. The third-order valence-electron chi connectivity index (χ3n) is 3.52. The summed E-state index contributed by atoms with van der Waals surface area (Å²) in [5, 5.41) is 0. The van der Waals surface area contributed by atoms with Crippen LogP contribution in [0.25, 0.3) is 0 Å². The zero-order chi connectivity index (χ0) is 14.3. The molecule has 1 aromatic carbocycles. The maximum atomic E-state index is 4.75. The number of aromatic nitrogens is 2. The highest BCUT2D eigenvalue weighted by Gasteiger charge is 2.23. The Bertz CT molecular complexity index is 621. The Balaban J connectivity index is 1.95. The number of rotatable bonds is 1. The molecule has 0 radical (unpaired) electrons. The number of nitrogens with zero attached hydrogens (tertiary/aromatic N) is 3. The number of hydrogen-bond donors (Lipinski definition) is 0. The standard InChI is InChI=1S/C16H18BrN3/c1-16(2,3)15-18-13(17)8-14(19-15)20-9-11-6-4-5-7-12(11)10-20/h4-8H,9-10H2,1-3H3. The van der Waals surface area contributed by atoms with Crippen LogP contribution in [-0.2, 0) is 18.5 Å². The van der Waals surface area contributed by atoms with Crippen molar-refractivity contribution in [1.82, 2.24) is 9.97 Å². The minimum atomic E-state index is -0.0505. The van der Waals surface area contributed by atoms with E-state index in [0.717, 1.165) is 29.3 Å². The molecular formula is C16H18BrN3. The molecule has 0 N–H and O–H groups in total. The summed E-state index contributed by atoms with van der Waals surface area (Å²) in [7, 11) is 0. The lowest BCUT2D eigenvalue weighted by Gasteiger charge is -2.21. The van der Waals surface area contributed by atoms with Crippen molar-refractivity contribution in [2.75, 3.05) is 4.90 Å². The third-order valence-corrected chi connectivity index (χ3v) is 3.92. The summed E-state index contributed by atoms with van der Waals surface area (Å²) in [6.45, 7) is 8.25. The van der Waals surface area contributed by atoms with E-state index in [1.807, 2.05) is 6.07 Å².